The van der Waals surface area contributed by atoms with E-state index >= 15 is 0 Å². The maximum Gasteiger partial charge on any atom is 0.354 e. The number of sulfone groups is 1. The number of rotatable bonds is 4. The zero-order valence-corrected chi connectivity index (χ0v) is 15.8. The van der Waals surface area contributed by atoms with Crippen molar-refractivity contribution >= 4 is 33.2 Å². The van der Waals surface area contributed by atoms with E-state index in [1.807, 2.05) is 0 Å². The van der Waals surface area contributed by atoms with Crippen LogP contribution in [0.4, 0.5) is 0 Å². The van der Waals surface area contributed by atoms with E-state index in [-0.39, 0.29) is 29.4 Å². The number of ketones is 1. The standard InChI is InChI=1S/C18H20ClNO5S/c1-2-26(23,24)13-7-8-17-14(9-13)20-15(18(22)25-17)10-16(21)11-3-5-12(19)6-4-11/h3-6,10,13-14,17,20H,2,7-9H2,1H3/b15-10-. The van der Waals surface area contributed by atoms with Gasteiger partial charge in [0.1, 0.15) is 11.8 Å². The fourth-order valence-electron chi connectivity index (χ4n) is 3.35. The van der Waals surface area contributed by atoms with Crippen molar-refractivity contribution in [2.24, 2.45) is 0 Å². The van der Waals surface area contributed by atoms with Crippen molar-refractivity contribution in [1.29, 1.82) is 0 Å². The summed E-state index contributed by atoms with van der Waals surface area (Å²) in [5.74, 6) is -0.856. The van der Waals surface area contributed by atoms with Crippen LogP contribution in [0.15, 0.2) is 36.0 Å². The summed E-state index contributed by atoms with van der Waals surface area (Å²) in [6.07, 6.45) is 2.16. The van der Waals surface area contributed by atoms with Gasteiger partial charge in [-0.05, 0) is 43.5 Å². The van der Waals surface area contributed by atoms with Gasteiger partial charge in [0.05, 0.1) is 11.3 Å². The van der Waals surface area contributed by atoms with Gasteiger partial charge in [-0.3, -0.25) is 4.79 Å². The predicted molar refractivity (Wildman–Crippen MR) is 97.8 cm³/mol. The molecule has 6 nitrogen and oxygen atoms in total. The van der Waals surface area contributed by atoms with Gasteiger partial charge in [0, 0.05) is 22.4 Å². The van der Waals surface area contributed by atoms with Gasteiger partial charge in [0.2, 0.25) is 0 Å². The quantitative estimate of drug-likeness (QED) is 0.476. The van der Waals surface area contributed by atoms with Crippen LogP contribution in [0.1, 0.15) is 36.5 Å². The normalized spacial score (nSPS) is 27.4. The van der Waals surface area contributed by atoms with Gasteiger partial charge in [0.25, 0.3) is 0 Å². The summed E-state index contributed by atoms with van der Waals surface area (Å²) in [6, 6.07) is 6.03. The molecule has 3 unspecified atom stereocenters. The van der Waals surface area contributed by atoms with Gasteiger partial charge in [-0.15, -0.1) is 0 Å². The largest absolute Gasteiger partial charge is 0.456 e. The molecule has 1 saturated heterocycles. The number of hydrogen-bond donors (Lipinski definition) is 1. The van der Waals surface area contributed by atoms with Crippen molar-refractivity contribution < 1.29 is 22.7 Å². The minimum absolute atomic E-state index is 0.0562. The predicted octanol–water partition coefficient (Wildman–Crippen LogP) is 2.28. The molecule has 0 aromatic heterocycles. The number of nitrogens with one attached hydrogen (secondary N) is 1. The highest BCUT2D eigenvalue weighted by Crippen LogP contribution is 2.30. The van der Waals surface area contributed by atoms with Crippen LogP contribution in [-0.2, 0) is 19.4 Å². The average molecular weight is 398 g/mol. The van der Waals surface area contributed by atoms with Gasteiger partial charge < -0.3 is 10.1 Å². The van der Waals surface area contributed by atoms with Crippen LogP contribution in [0.5, 0.6) is 0 Å². The number of carbonyl (C=O) groups excluding carboxylic acids is 2. The fourth-order valence-corrected chi connectivity index (χ4v) is 4.94. The van der Waals surface area contributed by atoms with Gasteiger partial charge in [-0.1, -0.05) is 18.5 Å². The first-order valence-electron chi connectivity index (χ1n) is 8.51. The molecule has 1 aliphatic carbocycles. The number of halogens is 1. The number of esters is 1. The van der Waals surface area contributed by atoms with E-state index in [4.69, 9.17) is 16.3 Å². The maximum atomic E-state index is 12.3. The monoisotopic (exact) mass is 397 g/mol. The lowest BCUT2D eigenvalue weighted by Gasteiger charge is -2.39. The van der Waals surface area contributed by atoms with Crippen LogP contribution < -0.4 is 5.32 Å². The molecule has 140 valence electrons. The van der Waals surface area contributed by atoms with E-state index < -0.39 is 21.1 Å². The number of allylic oxidation sites excluding steroid dienone is 1. The first kappa shape index (κ1) is 18.9. The fraction of sp³-hybridized carbons (Fsp3) is 0.444. The van der Waals surface area contributed by atoms with E-state index in [9.17, 15) is 18.0 Å². The number of benzene rings is 1. The molecule has 3 atom stereocenters. The Morgan fingerprint density at radius 1 is 1.31 bits per heavy atom. The summed E-state index contributed by atoms with van der Waals surface area (Å²) < 4.78 is 29.7. The molecule has 0 bridgehead atoms. The molecule has 2 aliphatic rings. The smallest absolute Gasteiger partial charge is 0.354 e. The number of ether oxygens (including phenoxy) is 1. The van der Waals surface area contributed by atoms with Crippen LogP contribution in [-0.4, -0.2) is 43.3 Å². The molecule has 0 radical (unpaired) electrons. The van der Waals surface area contributed by atoms with Crippen molar-refractivity contribution in [3.8, 4) is 0 Å². The number of fused-ring (bicyclic) bond motifs is 1. The Balaban J connectivity index is 1.76. The van der Waals surface area contributed by atoms with E-state index in [1.54, 1.807) is 31.2 Å². The summed E-state index contributed by atoms with van der Waals surface area (Å²) in [5.41, 5.74) is 0.453. The number of carbonyl (C=O) groups is 2. The Kier molecular flexibility index (Phi) is 5.39. The number of morpholine rings is 1. The van der Waals surface area contributed by atoms with Crippen LogP contribution in [0, 0.1) is 0 Å². The SMILES string of the molecule is CCS(=O)(=O)C1CCC2OC(=O)/C(=C/C(=O)c3ccc(Cl)cc3)NC2C1. The summed E-state index contributed by atoms with van der Waals surface area (Å²) in [5, 5.41) is 3.08. The Bertz CT molecular complexity index is 847. The molecule has 1 heterocycles. The molecule has 8 heteroatoms. The van der Waals surface area contributed by atoms with Crippen molar-refractivity contribution in [3.05, 3.63) is 46.6 Å². The molecule has 1 N–H and O–H groups in total. The second-order valence-corrected chi connectivity index (χ2v) is 9.52. The molecule has 26 heavy (non-hydrogen) atoms. The van der Waals surface area contributed by atoms with Crippen molar-refractivity contribution in [1.82, 2.24) is 5.32 Å². The van der Waals surface area contributed by atoms with Gasteiger partial charge in [-0.2, -0.15) is 0 Å². The lowest BCUT2D eigenvalue weighted by Crippen LogP contribution is -2.54. The van der Waals surface area contributed by atoms with Crippen LogP contribution in [0.2, 0.25) is 5.02 Å². The minimum atomic E-state index is -3.15. The Morgan fingerprint density at radius 2 is 2.00 bits per heavy atom. The Morgan fingerprint density at radius 3 is 2.65 bits per heavy atom. The Labute approximate surface area is 157 Å². The lowest BCUT2D eigenvalue weighted by molar-refractivity contribution is -0.151. The lowest BCUT2D eigenvalue weighted by atomic mass is 9.90. The van der Waals surface area contributed by atoms with Crippen LogP contribution in [0.25, 0.3) is 0 Å². The second kappa shape index (κ2) is 7.40. The highest BCUT2D eigenvalue weighted by Gasteiger charge is 2.41. The van der Waals surface area contributed by atoms with E-state index in [2.05, 4.69) is 5.32 Å². The van der Waals surface area contributed by atoms with Crippen molar-refractivity contribution in [3.63, 3.8) is 0 Å². The molecule has 0 spiro atoms. The van der Waals surface area contributed by atoms with Crippen LogP contribution in [0.3, 0.4) is 0 Å². The second-order valence-electron chi connectivity index (χ2n) is 6.51. The molecule has 1 aromatic carbocycles. The maximum absolute atomic E-state index is 12.3. The third kappa shape index (κ3) is 3.94. The van der Waals surface area contributed by atoms with Gasteiger partial charge in [0.15, 0.2) is 15.6 Å². The molecular weight excluding hydrogens is 378 g/mol. The van der Waals surface area contributed by atoms with E-state index in [0.29, 0.717) is 29.8 Å². The van der Waals surface area contributed by atoms with Crippen molar-refractivity contribution in [2.45, 2.75) is 43.6 Å². The highest BCUT2D eigenvalue weighted by atomic mass is 35.5. The van der Waals surface area contributed by atoms with E-state index in [0.717, 1.165) is 0 Å². The summed E-state index contributed by atoms with van der Waals surface area (Å²) in [7, 11) is -3.15. The third-order valence-electron chi connectivity index (χ3n) is 4.87. The summed E-state index contributed by atoms with van der Waals surface area (Å²) in [6.45, 7) is 1.63. The zero-order chi connectivity index (χ0) is 18.9. The molecule has 3 rings (SSSR count). The zero-order valence-electron chi connectivity index (χ0n) is 14.3. The average Bonchev–Trinajstić information content (AvgIpc) is 2.62. The summed E-state index contributed by atoms with van der Waals surface area (Å²) >= 11 is 5.81. The molecule has 1 aliphatic heterocycles. The first-order chi connectivity index (χ1) is 12.3. The van der Waals surface area contributed by atoms with Gasteiger partial charge >= 0.3 is 5.97 Å². The summed E-state index contributed by atoms with van der Waals surface area (Å²) in [4.78, 5) is 24.5. The number of hydrogen-bond acceptors (Lipinski definition) is 6. The molecule has 2 fully saturated rings. The third-order valence-corrected chi connectivity index (χ3v) is 7.37. The van der Waals surface area contributed by atoms with Crippen LogP contribution >= 0.6 is 11.6 Å². The molecular formula is C18H20ClNO5S. The molecule has 1 aromatic rings. The molecule has 0 amide bonds. The molecule has 1 saturated carbocycles. The van der Waals surface area contributed by atoms with Gasteiger partial charge in [-0.25, -0.2) is 13.2 Å². The van der Waals surface area contributed by atoms with Crippen molar-refractivity contribution in [2.75, 3.05) is 5.75 Å². The first-order valence-corrected chi connectivity index (χ1v) is 10.6. The highest BCUT2D eigenvalue weighted by molar-refractivity contribution is 7.92. The minimum Gasteiger partial charge on any atom is -0.456 e. The topological polar surface area (TPSA) is 89.5 Å². The van der Waals surface area contributed by atoms with E-state index in [1.165, 1.54) is 6.08 Å². The Hall–Kier alpha value is -1.86.